The number of carbonyl (C=O) groups is 1. The average Bonchev–Trinajstić information content (AvgIpc) is 2.49. The van der Waals surface area contributed by atoms with Gasteiger partial charge < -0.3 is 4.52 Å². The molecule has 3 atom stereocenters. The maximum absolute atomic E-state index is 11.5. The van der Waals surface area contributed by atoms with Gasteiger partial charge in [0.15, 0.2) is 0 Å². The topological polar surface area (TPSA) is 69.4 Å². The van der Waals surface area contributed by atoms with Gasteiger partial charge in [-0.25, -0.2) is 0 Å². The van der Waals surface area contributed by atoms with Gasteiger partial charge in [0.1, 0.15) is 0 Å². The molecule has 1 saturated carbocycles. The molecule has 0 amide bonds. The van der Waals surface area contributed by atoms with Crippen molar-refractivity contribution in [1.29, 1.82) is 0 Å². The van der Waals surface area contributed by atoms with Crippen molar-refractivity contribution in [2.24, 2.45) is 22.8 Å². The maximum Gasteiger partial charge on any atom is 0.315 e. The normalized spacial score (nSPS) is 29.1. The third-order valence-electron chi connectivity index (χ3n) is 2.88. The lowest BCUT2D eigenvalue weighted by atomic mass is 10.1. The van der Waals surface area contributed by atoms with Crippen LogP contribution in [-0.4, -0.2) is 5.97 Å². The standard InChI is InChI=1S/C10H18NO3P/c1-6(2)5-7-8(10(7,3)4)9(12)14-15(11)13/h5,7-8,15H,1-4H3,(H2,11,13). The number of rotatable bonds is 3. The summed E-state index contributed by atoms with van der Waals surface area (Å²) >= 11 is 0. The maximum atomic E-state index is 11.5. The molecule has 0 bridgehead atoms. The minimum atomic E-state index is -2.66. The largest absolute Gasteiger partial charge is 0.402 e. The predicted molar refractivity (Wildman–Crippen MR) is 59.5 cm³/mol. The number of hydrogen-bond acceptors (Lipinski definition) is 3. The summed E-state index contributed by atoms with van der Waals surface area (Å²) in [7, 11) is -2.66. The second kappa shape index (κ2) is 4.11. The van der Waals surface area contributed by atoms with Crippen LogP contribution in [0.15, 0.2) is 11.6 Å². The molecule has 0 aromatic heterocycles. The number of hydrogen-bond donors (Lipinski definition) is 1. The Labute approximate surface area is 90.8 Å². The van der Waals surface area contributed by atoms with Crippen LogP contribution in [0.4, 0.5) is 0 Å². The van der Waals surface area contributed by atoms with Crippen LogP contribution in [0, 0.1) is 17.3 Å². The molecule has 0 aromatic carbocycles. The third kappa shape index (κ3) is 2.70. The molecular formula is C10H18NO3P. The van der Waals surface area contributed by atoms with Gasteiger partial charge in [0, 0.05) is 0 Å². The summed E-state index contributed by atoms with van der Waals surface area (Å²) in [6.45, 7) is 7.97. The highest BCUT2D eigenvalue weighted by atomic mass is 31.1. The van der Waals surface area contributed by atoms with E-state index < -0.39 is 14.1 Å². The lowest BCUT2D eigenvalue weighted by Crippen LogP contribution is -2.07. The van der Waals surface area contributed by atoms with E-state index in [0.29, 0.717) is 0 Å². The summed E-state index contributed by atoms with van der Waals surface area (Å²) in [5, 5.41) is 0. The molecule has 1 aliphatic rings. The van der Waals surface area contributed by atoms with E-state index in [0.717, 1.165) is 0 Å². The van der Waals surface area contributed by atoms with Crippen molar-refractivity contribution in [3.05, 3.63) is 11.6 Å². The second-order valence-electron chi connectivity index (χ2n) is 4.81. The molecule has 3 unspecified atom stereocenters. The zero-order valence-electron chi connectivity index (χ0n) is 9.53. The molecule has 5 heteroatoms. The molecule has 0 heterocycles. The van der Waals surface area contributed by atoms with E-state index in [4.69, 9.17) is 5.50 Å². The van der Waals surface area contributed by atoms with Crippen molar-refractivity contribution in [3.8, 4) is 0 Å². The van der Waals surface area contributed by atoms with Crippen LogP contribution >= 0.6 is 8.18 Å². The fraction of sp³-hybridized carbons (Fsp3) is 0.700. The number of carbonyl (C=O) groups excluding carboxylic acids is 1. The average molecular weight is 231 g/mol. The van der Waals surface area contributed by atoms with Gasteiger partial charge in [0.2, 0.25) is 0 Å². The molecule has 86 valence electrons. The smallest absolute Gasteiger partial charge is 0.315 e. The second-order valence-corrected chi connectivity index (χ2v) is 5.65. The Kier molecular flexibility index (Phi) is 3.41. The van der Waals surface area contributed by atoms with E-state index in [-0.39, 0.29) is 17.3 Å². The minimum Gasteiger partial charge on any atom is -0.402 e. The first-order valence-electron chi connectivity index (χ1n) is 4.93. The van der Waals surface area contributed by atoms with Crippen LogP contribution in [0.25, 0.3) is 0 Å². The first-order chi connectivity index (χ1) is 6.76. The van der Waals surface area contributed by atoms with Gasteiger partial charge in [0.05, 0.1) is 5.92 Å². The van der Waals surface area contributed by atoms with Crippen molar-refractivity contribution in [2.75, 3.05) is 0 Å². The zero-order chi connectivity index (χ0) is 11.8. The Morgan fingerprint density at radius 3 is 2.40 bits per heavy atom. The predicted octanol–water partition coefficient (Wildman–Crippen LogP) is 2.12. The van der Waals surface area contributed by atoms with Gasteiger partial charge in [-0.15, -0.1) is 0 Å². The monoisotopic (exact) mass is 231 g/mol. The summed E-state index contributed by atoms with van der Waals surface area (Å²) in [6, 6.07) is 0. The van der Waals surface area contributed by atoms with E-state index >= 15 is 0 Å². The Balaban J connectivity index is 2.70. The SMILES string of the molecule is CC(C)=CC1C(C(=O)O[PH](N)=O)C1(C)C. The molecule has 1 aliphatic carbocycles. The molecule has 2 N–H and O–H groups in total. The van der Waals surface area contributed by atoms with Crippen molar-refractivity contribution >= 4 is 14.1 Å². The van der Waals surface area contributed by atoms with Crippen LogP contribution in [0.5, 0.6) is 0 Å². The van der Waals surface area contributed by atoms with Crippen LogP contribution in [0.2, 0.25) is 0 Å². The summed E-state index contributed by atoms with van der Waals surface area (Å²) in [5.74, 6) is -0.463. The van der Waals surface area contributed by atoms with Gasteiger partial charge >= 0.3 is 14.1 Å². The fourth-order valence-electron chi connectivity index (χ4n) is 1.96. The van der Waals surface area contributed by atoms with Crippen LogP contribution in [0.3, 0.4) is 0 Å². The van der Waals surface area contributed by atoms with E-state index in [1.807, 2.05) is 27.7 Å². The molecule has 0 aliphatic heterocycles. The van der Waals surface area contributed by atoms with Gasteiger partial charge in [-0.1, -0.05) is 25.5 Å². The molecule has 15 heavy (non-hydrogen) atoms. The molecule has 1 rings (SSSR count). The number of nitrogens with two attached hydrogens (primary N) is 1. The quantitative estimate of drug-likeness (QED) is 0.596. The molecule has 4 nitrogen and oxygen atoms in total. The first-order valence-corrected chi connectivity index (χ1v) is 6.32. The van der Waals surface area contributed by atoms with Gasteiger partial charge in [-0.3, -0.25) is 14.9 Å². The lowest BCUT2D eigenvalue weighted by molar-refractivity contribution is -0.136. The Hall–Kier alpha value is -0.600. The molecule has 0 aromatic rings. The Morgan fingerprint density at radius 2 is 2.00 bits per heavy atom. The highest BCUT2D eigenvalue weighted by molar-refractivity contribution is 7.36. The van der Waals surface area contributed by atoms with E-state index in [1.165, 1.54) is 5.57 Å². The van der Waals surface area contributed by atoms with Gasteiger partial charge in [0.25, 0.3) is 0 Å². The van der Waals surface area contributed by atoms with Crippen LogP contribution in [-0.2, 0) is 13.9 Å². The van der Waals surface area contributed by atoms with Crippen molar-refractivity contribution in [1.82, 2.24) is 0 Å². The van der Waals surface area contributed by atoms with Crippen molar-refractivity contribution < 1.29 is 13.9 Å². The first kappa shape index (κ1) is 12.5. The molecular weight excluding hydrogens is 213 g/mol. The van der Waals surface area contributed by atoms with Gasteiger partial charge in [-0.05, 0) is 25.2 Å². The Bertz CT molecular complexity index is 332. The van der Waals surface area contributed by atoms with Crippen LogP contribution in [0.1, 0.15) is 27.7 Å². The van der Waals surface area contributed by atoms with Crippen molar-refractivity contribution in [2.45, 2.75) is 27.7 Å². The fourth-order valence-corrected chi connectivity index (χ4v) is 2.29. The highest BCUT2D eigenvalue weighted by Gasteiger charge is 2.61. The van der Waals surface area contributed by atoms with E-state index in [9.17, 15) is 9.36 Å². The summed E-state index contributed by atoms with van der Waals surface area (Å²) < 4.78 is 15.2. The van der Waals surface area contributed by atoms with Gasteiger partial charge in [-0.2, -0.15) is 0 Å². The number of allylic oxidation sites excluding steroid dienone is 2. The molecule has 0 saturated heterocycles. The molecule has 0 radical (unpaired) electrons. The summed E-state index contributed by atoms with van der Waals surface area (Å²) in [6.07, 6.45) is 2.06. The third-order valence-corrected chi connectivity index (χ3v) is 3.28. The lowest BCUT2D eigenvalue weighted by Gasteiger charge is -2.01. The summed E-state index contributed by atoms with van der Waals surface area (Å²) in [4.78, 5) is 11.5. The van der Waals surface area contributed by atoms with E-state index in [2.05, 4.69) is 10.6 Å². The zero-order valence-corrected chi connectivity index (χ0v) is 10.5. The van der Waals surface area contributed by atoms with Crippen molar-refractivity contribution in [3.63, 3.8) is 0 Å². The molecule has 1 fully saturated rings. The summed E-state index contributed by atoms with van der Waals surface area (Å²) in [5.41, 5.74) is 6.05. The van der Waals surface area contributed by atoms with E-state index in [1.54, 1.807) is 0 Å². The Morgan fingerprint density at radius 1 is 1.47 bits per heavy atom. The van der Waals surface area contributed by atoms with Crippen LogP contribution < -0.4 is 5.50 Å². The molecule has 0 spiro atoms. The minimum absolute atomic E-state index is 0.105. The highest BCUT2D eigenvalue weighted by Crippen LogP contribution is 2.60.